The van der Waals surface area contributed by atoms with Crippen LogP contribution in [-0.4, -0.2) is 32.4 Å². The average Bonchev–Trinajstić information content (AvgIpc) is 3.14. The van der Waals surface area contributed by atoms with Gasteiger partial charge in [-0.2, -0.15) is 0 Å². The number of esters is 1. The summed E-state index contributed by atoms with van der Waals surface area (Å²) in [6.07, 6.45) is 0. The number of fused-ring (bicyclic) bond motifs is 1. The third-order valence-electron chi connectivity index (χ3n) is 3.93. The zero-order valence-corrected chi connectivity index (χ0v) is 14.5. The van der Waals surface area contributed by atoms with Crippen molar-refractivity contribution >= 4 is 11.9 Å². The molecule has 1 atom stereocenters. The molecular weight excluding hydrogens is 338 g/mol. The maximum Gasteiger partial charge on any atom is 0.338 e. The van der Waals surface area contributed by atoms with Crippen molar-refractivity contribution in [2.45, 2.75) is 13.0 Å². The molecule has 0 saturated carbocycles. The summed E-state index contributed by atoms with van der Waals surface area (Å²) in [6.45, 7) is 1.67. The third kappa shape index (κ3) is 4.05. The molecule has 136 valence electrons. The standard InChI is InChI=1S/C19H19NO6/c1-12(14-5-8-16-17(9-14)26-11-25-16)20-18(21)10-24-19(22)13-3-6-15(23-2)7-4-13/h3-9,12H,10-11H2,1-2H3,(H,20,21)/t12-/m1/s1. The first-order chi connectivity index (χ1) is 12.6. The molecule has 1 amide bonds. The van der Waals surface area contributed by atoms with Crippen molar-refractivity contribution in [2.75, 3.05) is 20.5 Å². The molecule has 26 heavy (non-hydrogen) atoms. The molecule has 3 rings (SSSR count). The first-order valence-electron chi connectivity index (χ1n) is 8.07. The molecule has 7 nitrogen and oxygen atoms in total. The first-order valence-corrected chi connectivity index (χ1v) is 8.07. The highest BCUT2D eigenvalue weighted by Gasteiger charge is 2.17. The van der Waals surface area contributed by atoms with Crippen LogP contribution in [0.2, 0.25) is 0 Å². The summed E-state index contributed by atoms with van der Waals surface area (Å²) in [5.41, 5.74) is 1.21. The summed E-state index contributed by atoms with van der Waals surface area (Å²) >= 11 is 0. The Kier molecular flexibility index (Phi) is 5.26. The summed E-state index contributed by atoms with van der Waals surface area (Å²) in [4.78, 5) is 24.0. The molecule has 0 saturated heterocycles. The van der Waals surface area contributed by atoms with Crippen molar-refractivity contribution in [2.24, 2.45) is 0 Å². The molecule has 0 aliphatic carbocycles. The van der Waals surface area contributed by atoms with Crippen LogP contribution in [0, 0.1) is 0 Å². The van der Waals surface area contributed by atoms with Gasteiger partial charge in [-0.05, 0) is 48.9 Å². The van der Waals surface area contributed by atoms with E-state index in [1.54, 1.807) is 37.4 Å². The Morgan fingerprint density at radius 1 is 1.12 bits per heavy atom. The maximum atomic E-state index is 12.0. The number of ether oxygens (including phenoxy) is 4. The topological polar surface area (TPSA) is 83.1 Å². The molecule has 1 N–H and O–H groups in total. The molecule has 0 unspecified atom stereocenters. The van der Waals surface area contributed by atoms with E-state index < -0.39 is 11.9 Å². The van der Waals surface area contributed by atoms with Gasteiger partial charge >= 0.3 is 5.97 Å². The van der Waals surface area contributed by atoms with E-state index in [9.17, 15) is 9.59 Å². The Balaban J connectivity index is 1.51. The number of amides is 1. The number of nitrogens with one attached hydrogen (secondary N) is 1. The fraction of sp³-hybridized carbons (Fsp3) is 0.263. The number of carbonyl (C=O) groups excluding carboxylic acids is 2. The summed E-state index contributed by atoms with van der Waals surface area (Å²) in [6, 6.07) is 11.7. The van der Waals surface area contributed by atoms with Crippen molar-refractivity contribution < 1.29 is 28.5 Å². The molecule has 2 aromatic carbocycles. The molecule has 1 heterocycles. The largest absolute Gasteiger partial charge is 0.497 e. The third-order valence-corrected chi connectivity index (χ3v) is 3.93. The molecule has 0 bridgehead atoms. The fourth-order valence-corrected chi connectivity index (χ4v) is 2.49. The Bertz CT molecular complexity index is 802. The van der Waals surface area contributed by atoms with Crippen LogP contribution in [0.1, 0.15) is 28.9 Å². The van der Waals surface area contributed by atoms with Gasteiger partial charge < -0.3 is 24.3 Å². The average molecular weight is 357 g/mol. The van der Waals surface area contributed by atoms with Crippen LogP contribution in [-0.2, 0) is 9.53 Å². The van der Waals surface area contributed by atoms with Crippen molar-refractivity contribution in [3.05, 3.63) is 53.6 Å². The van der Waals surface area contributed by atoms with Crippen LogP contribution in [0.25, 0.3) is 0 Å². The smallest absolute Gasteiger partial charge is 0.338 e. The quantitative estimate of drug-likeness (QED) is 0.800. The van der Waals surface area contributed by atoms with E-state index >= 15 is 0 Å². The Hall–Kier alpha value is -3.22. The van der Waals surface area contributed by atoms with Gasteiger partial charge in [0.1, 0.15) is 5.75 Å². The van der Waals surface area contributed by atoms with Crippen molar-refractivity contribution in [3.8, 4) is 17.2 Å². The second-order valence-corrected chi connectivity index (χ2v) is 5.71. The molecule has 0 aromatic heterocycles. The van der Waals surface area contributed by atoms with Crippen LogP contribution < -0.4 is 19.5 Å². The Labute approximate surface area is 150 Å². The highest BCUT2D eigenvalue weighted by molar-refractivity contribution is 5.91. The molecule has 1 aliphatic rings. The van der Waals surface area contributed by atoms with Crippen LogP contribution in [0.4, 0.5) is 0 Å². The van der Waals surface area contributed by atoms with Crippen LogP contribution in [0.5, 0.6) is 17.2 Å². The highest BCUT2D eigenvalue weighted by atomic mass is 16.7. The van der Waals surface area contributed by atoms with E-state index in [1.165, 1.54) is 0 Å². The lowest BCUT2D eigenvalue weighted by molar-refractivity contribution is -0.124. The molecule has 2 aromatic rings. The summed E-state index contributed by atoms with van der Waals surface area (Å²) < 4.78 is 20.7. The minimum Gasteiger partial charge on any atom is -0.497 e. The van der Waals surface area contributed by atoms with Crippen LogP contribution >= 0.6 is 0 Å². The van der Waals surface area contributed by atoms with E-state index in [0.29, 0.717) is 22.8 Å². The monoisotopic (exact) mass is 357 g/mol. The lowest BCUT2D eigenvalue weighted by Gasteiger charge is -2.15. The van der Waals surface area contributed by atoms with Gasteiger partial charge in [0.2, 0.25) is 6.79 Å². The van der Waals surface area contributed by atoms with Gasteiger partial charge in [-0.25, -0.2) is 4.79 Å². The van der Waals surface area contributed by atoms with Crippen LogP contribution in [0.15, 0.2) is 42.5 Å². The molecular formula is C19H19NO6. The van der Waals surface area contributed by atoms with Gasteiger partial charge in [-0.15, -0.1) is 0 Å². The minimum absolute atomic E-state index is 0.195. The highest BCUT2D eigenvalue weighted by Crippen LogP contribution is 2.34. The van der Waals surface area contributed by atoms with Gasteiger partial charge in [-0.1, -0.05) is 6.07 Å². The lowest BCUT2D eigenvalue weighted by atomic mass is 10.1. The summed E-state index contributed by atoms with van der Waals surface area (Å²) in [5.74, 6) is 1.00. The van der Waals surface area contributed by atoms with Crippen molar-refractivity contribution in [1.29, 1.82) is 0 Å². The van der Waals surface area contributed by atoms with Crippen molar-refractivity contribution in [1.82, 2.24) is 5.32 Å². The Morgan fingerprint density at radius 3 is 2.58 bits per heavy atom. The second-order valence-electron chi connectivity index (χ2n) is 5.71. The number of hydrogen-bond acceptors (Lipinski definition) is 6. The zero-order valence-electron chi connectivity index (χ0n) is 14.5. The summed E-state index contributed by atoms with van der Waals surface area (Å²) in [5, 5.41) is 2.78. The van der Waals surface area contributed by atoms with E-state index in [4.69, 9.17) is 18.9 Å². The molecule has 1 aliphatic heterocycles. The molecule has 7 heteroatoms. The van der Waals surface area contributed by atoms with E-state index in [-0.39, 0.29) is 19.4 Å². The van der Waals surface area contributed by atoms with Crippen molar-refractivity contribution in [3.63, 3.8) is 0 Å². The van der Waals surface area contributed by atoms with Gasteiger partial charge in [0.05, 0.1) is 18.7 Å². The molecule has 0 spiro atoms. The zero-order chi connectivity index (χ0) is 18.5. The number of carbonyl (C=O) groups is 2. The predicted octanol–water partition coefficient (Wildman–Crippen LogP) is 2.46. The van der Waals surface area contributed by atoms with Crippen LogP contribution in [0.3, 0.4) is 0 Å². The fourth-order valence-electron chi connectivity index (χ4n) is 2.49. The first kappa shape index (κ1) is 17.6. The minimum atomic E-state index is -0.571. The predicted molar refractivity (Wildman–Crippen MR) is 92.4 cm³/mol. The van der Waals surface area contributed by atoms with E-state index in [0.717, 1.165) is 5.56 Å². The van der Waals surface area contributed by atoms with Gasteiger partial charge in [0, 0.05) is 0 Å². The number of benzene rings is 2. The number of hydrogen-bond donors (Lipinski definition) is 1. The van der Waals surface area contributed by atoms with E-state index in [1.807, 2.05) is 19.1 Å². The lowest BCUT2D eigenvalue weighted by Crippen LogP contribution is -2.31. The van der Waals surface area contributed by atoms with Gasteiger partial charge in [0.15, 0.2) is 18.1 Å². The van der Waals surface area contributed by atoms with Gasteiger partial charge in [-0.3, -0.25) is 4.79 Å². The normalized spacial score (nSPS) is 13.0. The Morgan fingerprint density at radius 2 is 1.85 bits per heavy atom. The second kappa shape index (κ2) is 7.77. The number of rotatable bonds is 6. The maximum absolute atomic E-state index is 12.0. The van der Waals surface area contributed by atoms with Gasteiger partial charge in [0.25, 0.3) is 5.91 Å². The molecule has 0 radical (unpaired) electrons. The molecule has 0 fully saturated rings. The number of methoxy groups -OCH3 is 1. The van der Waals surface area contributed by atoms with E-state index in [2.05, 4.69) is 5.32 Å². The summed E-state index contributed by atoms with van der Waals surface area (Å²) in [7, 11) is 1.54. The SMILES string of the molecule is COc1ccc(C(=O)OCC(=O)N[C@H](C)c2ccc3c(c2)OCO3)cc1.